The van der Waals surface area contributed by atoms with Gasteiger partial charge in [-0.15, -0.1) is 0 Å². The Balaban J connectivity index is 1.53. The summed E-state index contributed by atoms with van der Waals surface area (Å²) in [6, 6.07) is 10.7. The zero-order valence-corrected chi connectivity index (χ0v) is 22.2. The van der Waals surface area contributed by atoms with Gasteiger partial charge in [0.1, 0.15) is 17.3 Å². The lowest BCUT2D eigenvalue weighted by molar-refractivity contribution is -0.123. The molecule has 4 amide bonds. The second-order valence-electron chi connectivity index (χ2n) is 8.01. The second-order valence-corrected chi connectivity index (χ2v) is 8.93. The quantitative estimate of drug-likeness (QED) is 0.213. The SMILES string of the molecule is COC(=O)c1ccc(CN2C(=O)N/C(=C/c3cc(Br)cc(OC)c3OCC(=O)Nc3cccc(F)c3)C2=O)o1. The van der Waals surface area contributed by atoms with Crippen LogP contribution >= 0.6 is 15.9 Å². The number of carbonyl (C=O) groups is 4. The van der Waals surface area contributed by atoms with Crippen LogP contribution in [0.2, 0.25) is 0 Å². The number of methoxy groups -OCH3 is 2. The number of urea groups is 1. The molecule has 1 saturated heterocycles. The summed E-state index contributed by atoms with van der Waals surface area (Å²) < 4.78 is 35.0. The molecule has 0 spiro atoms. The summed E-state index contributed by atoms with van der Waals surface area (Å²) in [7, 11) is 2.60. The largest absolute Gasteiger partial charge is 0.493 e. The van der Waals surface area contributed by atoms with Crippen LogP contribution in [-0.4, -0.2) is 49.5 Å². The van der Waals surface area contributed by atoms with Crippen LogP contribution in [0.4, 0.5) is 14.9 Å². The van der Waals surface area contributed by atoms with Gasteiger partial charge < -0.3 is 29.3 Å². The van der Waals surface area contributed by atoms with Crippen molar-refractivity contribution in [3.63, 3.8) is 0 Å². The van der Waals surface area contributed by atoms with Gasteiger partial charge in [-0.25, -0.2) is 14.0 Å². The average molecular weight is 602 g/mol. The third-order valence-corrected chi connectivity index (χ3v) is 5.81. The van der Waals surface area contributed by atoms with E-state index in [0.29, 0.717) is 10.0 Å². The third-order valence-electron chi connectivity index (χ3n) is 5.35. The fourth-order valence-corrected chi connectivity index (χ4v) is 4.06. The van der Waals surface area contributed by atoms with Crippen LogP contribution < -0.4 is 20.1 Å². The fraction of sp³-hybridized carbons (Fsp3) is 0.154. The molecule has 0 radical (unpaired) electrons. The van der Waals surface area contributed by atoms with Crippen LogP contribution in [0, 0.1) is 5.82 Å². The molecule has 4 rings (SSSR count). The van der Waals surface area contributed by atoms with E-state index in [0.717, 1.165) is 11.0 Å². The molecule has 13 heteroatoms. The Morgan fingerprint density at radius 3 is 2.67 bits per heavy atom. The van der Waals surface area contributed by atoms with Gasteiger partial charge in [0, 0.05) is 15.7 Å². The first-order valence-electron chi connectivity index (χ1n) is 11.3. The first-order valence-corrected chi connectivity index (χ1v) is 12.0. The Morgan fingerprint density at radius 2 is 1.95 bits per heavy atom. The first kappa shape index (κ1) is 27.4. The Labute approximate surface area is 229 Å². The number of imide groups is 1. The monoisotopic (exact) mass is 601 g/mol. The molecule has 39 heavy (non-hydrogen) atoms. The lowest BCUT2D eigenvalue weighted by atomic mass is 10.1. The summed E-state index contributed by atoms with van der Waals surface area (Å²) in [6.07, 6.45) is 1.37. The van der Waals surface area contributed by atoms with Gasteiger partial charge in [-0.1, -0.05) is 22.0 Å². The molecule has 11 nitrogen and oxygen atoms in total. The van der Waals surface area contributed by atoms with E-state index >= 15 is 0 Å². The number of nitrogens with one attached hydrogen (secondary N) is 2. The number of anilines is 1. The van der Waals surface area contributed by atoms with Gasteiger partial charge >= 0.3 is 12.0 Å². The summed E-state index contributed by atoms with van der Waals surface area (Å²) in [5, 5.41) is 5.01. The second kappa shape index (κ2) is 11.8. The zero-order chi connectivity index (χ0) is 28.1. The number of amides is 4. The molecule has 0 saturated carbocycles. The van der Waals surface area contributed by atoms with Crippen LogP contribution in [0.15, 0.2) is 63.1 Å². The number of benzene rings is 2. The lowest BCUT2D eigenvalue weighted by Gasteiger charge is -2.15. The standard InChI is InChI=1S/C26H21BrFN3O8/c1-36-21-10-15(27)8-14(23(21)38-13-22(32)29-17-5-3-4-16(28)11-17)9-19-24(33)31(26(35)30-19)12-18-6-7-20(39-18)25(34)37-2/h3-11H,12-13H2,1-2H3,(H,29,32)(H,30,35)/b19-9+. The molecular weight excluding hydrogens is 581 g/mol. The molecule has 1 aliphatic heterocycles. The number of hydrogen-bond acceptors (Lipinski definition) is 8. The summed E-state index contributed by atoms with van der Waals surface area (Å²) in [5.41, 5.74) is 0.494. The van der Waals surface area contributed by atoms with Gasteiger partial charge in [0.15, 0.2) is 18.1 Å². The zero-order valence-electron chi connectivity index (χ0n) is 20.6. The first-order chi connectivity index (χ1) is 18.7. The van der Waals surface area contributed by atoms with Gasteiger partial charge in [-0.2, -0.15) is 0 Å². The normalized spacial score (nSPS) is 13.8. The Bertz CT molecular complexity index is 1490. The van der Waals surface area contributed by atoms with E-state index in [4.69, 9.17) is 13.9 Å². The van der Waals surface area contributed by atoms with E-state index in [-0.39, 0.29) is 40.9 Å². The van der Waals surface area contributed by atoms with Gasteiger partial charge in [0.2, 0.25) is 5.76 Å². The van der Waals surface area contributed by atoms with Gasteiger partial charge in [-0.3, -0.25) is 14.5 Å². The van der Waals surface area contributed by atoms with E-state index < -0.39 is 36.2 Å². The van der Waals surface area contributed by atoms with Gasteiger partial charge in [0.05, 0.1) is 20.8 Å². The highest BCUT2D eigenvalue weighted by Gasteiger charge is 2.35. The van der Waals surface area contributed by atoms with E-state index in [1.165, 1.54) is 50.6 Å². The summed E-state index contributed by atoms with van der Waals surface area (Å²) in [6.45, 7) is -0.692. The van der Waals surface area contributed by atoms with E-state index in [2.05, 4.69) is 31.3 Å². The van der Waals surface area contributed by atoms with Crippen molar-refractivity contribution in [3.05, 3.63) is 81.6 Å². The molecule has 1 aromatic heterocycles. The highest BCUT2D eigenvalue weighted by Crippen LogP contribution is 2.36. The van der Waals surface area contributed by atoms with E-state index in [1.807, 2.05) is 0 Å². The number of carbonyl (C=O) groups excluding carboxylic acids is 4. The minimum Gasteiger partial charge on any atom is -0.493 e. The topological polar surface area (TPSA) is 136 Å². The average Bonchev–Trinajstić information content (AvgIpc) is 3.47. The number of furan rings is 1. The van der Waals surface area contributed by atoms with Crippen molar-refractivity contribution in [2.45, 2.75) is 6.54 Å². The molecule has 3 aromatic rings. The van der Waals surface area contributed by atoms with Crippen LogP contribution in [0.5, 0.6) is 11.5 Å². The molecule has 0 aliphatic carbocycles. The molecule has 1 fully saturated rings. The van der Waals surface area contributed by atoms with Crippen molar-refractivity contribution in [2.24, 2.45) is 0 Å². The Morgan fingerprint density at radius 1 is 1.15 bits per heavy atom. The Hall–Kier alpha value is -4.65. The molecule has 0 bridgehead atoms. The predicted molar refractivity (Wildman–Crippen MR) is 138 cm³/mol. The fourth-order valence-electron chi connectivity index (χ4n) is 3.60. The molecule has 0 unspecified atom stereocenters. The maximum Gasteiger partial charge on any atom is 0.373 e. The lowest BCUT2D eigenvalue weighted by Crippen LogP contribution is -2.30. The van der Waals surface area contributed by atoms with Crippen LogP contribution in [0.1, 0.15) is 21.9 Å². The smallest absolute Gasteiger partial charge is 0.373 e. The van der Waals surface area contributed by atoms with Gasteiger partial charge in [0.25, 0.3) is 11.8 Å². The number of nitrogens with zero attached hydrogens (tertiary/aromatic N) is 1. The van der Waals surface area contributed by atoms with Crippen LogP contribution in [0.3, 0.4) is 0 Å². The van der Waals surface area contributed by atoms with E-state index in [1.54, 1.807) is 12.1 Å². The maximum atomic E-state index is 13.4. The molecule has 1 aliphatic rings. The van der Waals surface area contributed by atoms with Crippen LogP contribution in [0.25, 0.3) is 6.08 Å². The van der Waals surface area contributed by atoms with Gasteiger partial charge in [-0.05, 0) is 48.5 Å². The molecular formula is C26H21BrFN3O8. The highest BCUT2D eigenvalue weighted by atomic mass is 79.9. The maximum absolute atomic E-state index is 13.4. The molecule has 202 valence electrons. The number of hydrogen-bond donors (Lipinski definition) is 2. The van der Waals surface area contributed by atoms with Crippen molar-refractivity contribution in [1.29, 1.82) is 0 Å². The van der Waals surface area contributed by atoms with E-state index in [9.17, 15) is 23.6 Å². The number of rotatable bonds is 9. The Kier molecular flexibility index (Phi) is 8.30. The molecule has 0 atom stereocenters. The summed E-state index contributed by atoms with van der Waals surface area (Å²) in [4.78, 5) is 50.5. The van der Waals surface area contributed by atoms with Crippen molar-refractivity contribution >= 4 is 51.5 Å². The molecule has 2 N–H and O–H groups in total. The van der Waals surface area contributed by atoms with Crippen molar-refractivity contribution in [1.82, 2.24) is 10.2 Å². The summed E-state index contributed by atoms with van der Waals surface area (Å²) >= 11 is 3.36. The number of halogens is 2. The van der Waals surface area contributed by atoms with Crippen LogP contribution in [-0.2, 0) is 20.9 Å². The number of ether oxygens (including phenoxy) is 3. The molecule has 2 heterocycles. The highest BCUT2D eigenvalue weighted by molar-refractivity contribution is 9.10. The summed E-state index contributed by atoms with van der Waals surface area (Å²) in [5.74, 6) is -1.94. The predicted octanol–water partition coefficient (Wildman–Crippen LogP) is 4.09. The van der Waals surface area contributed by atoms with Crippen molar-refractivity contribution in [3.8, 4) is 11.5 Å². The molecule has 2 aromatic carbocycles. The minimum absolute atomic E-state index is 0.0697. The third kappa shape index (κ3) is 6.44. The van der Waals surface area contributed by atoms with Crippen molar-refractivity contribution in [2.75, 3.05) is 26.1 Å². The van der Waals surface area contributed by atoms with Crippen molar-refractivity contribution < 1.29 is 42.2 Å². The number of esters is 1. The minimum atomic E-state index is -0.707.